The molecule has 1 heterocycles. The van der Waals surface area contributed by atoms with Gasteiger partial charge in [-0.15, -0.1) is 0 Å². The van der Waals surface area contributed by atoms with Gasteiger partial charge in [-0.2, -0.15) is 0 Å². The predicted octanol–water partition coefficient (Wildman–Crippen LogP) is 3.85. The number of nitrogens with zero attached hydrogens (tertiary/aromatic N) is 2. The van der Waals surface area contributed by atoms with Crippen molar-refractivity contribution >= 4 is 17.4 Å². The van der Waals surface area contributed by atoms with Gasteiger partial charge in [-0.05, 0) is 32.4 Å². The molecular weight excluding hydrogens is 246 g/mol. The van der Waals surface area contributed by atoms with Crippen LogP contribution < -0.4 is 5.32 Å². The summed E-state index contributed by atoms with van der Waals surface area (Å²) in [5.74, 6) is 1.59. The molecule has 0 radical (unpaired) electrons. The molecule has 1 N–H and O–H groups in total. The first kappa shape index (κ1) is 12.8. The van der Waals surface area contributed by atoms with Crippen LogP contribution in [0.15, 0.2) is 24.3 Å². The number of nitrogens with one attached hydrogen (secondary N) is 1. The number of rotatable bonds is 3. The molecule has 0 amide bonds. The summed E-state index contributed by atoms with van der Waals surface area (Å²) in [7, 11) is 0. The van der Waals surface area contributed by atoms with Gasteiger partial charge in [0.05, 0.1) is 5.69 Å². The Balaban J connectivity index is 2.46. The van der Waals surface area contributed by atoms with Gasteiger partial charge in [0.15, 0.2) is 0 Å². The standard InChI is InChI=1S/C14H16ClN3/c1-4-16-14-8-13(17-10(3)18-14)11-6-5-9(2)12(15)7-11/h5-8H,4H2,1-3H3,(H,16,17,18). The first-order valence-corrected chi connectivity index (χ1v) is 6.34. The lowest BCUT2D eigenvalue weighted by molar-refractivity contribution is 1.04. The third-order valence-corrected chi connectivity index (χ3v) is 3.07. The van der Waals surface area contributed by atoms with Crippen molar-refractivity contribution in [2.24, 2.45) is 0 Å². The van der Waals surface area contributed by atoms with Gasteiger partial charge in [-0.25, -0.2) is 9.97 Å². The van der Waals surface area contributed by atoms with Crippen LogP contribution in [0.3, 0.4) is 0 Å². The maximum atomic E-state index is 6.15. The van der Waals surface area contributed by atoms with Crippen LogP contribution in [0, 0.1) is 13.8 Å². The van der Waals surface area contributed by atoms with Crippen LogP contribution >= 0.6 is 11.6 Å². The maximum Gasteiger partial charge on any atom is 0.130 e. The quantitative estimate of drug-likeness (QED) is 0.912. The van der Waals surface area contributed by atoms with Crippen molar-refractivity contribution in [3.8, 4) is 11.3 Å². The second-order valence-corrected chi connectivity index (χ2v) is 4.59. The largest absolute Gasteiger partial charge is 0.370 e. The number of halogens is 1. The SMILES string of the molecule is CCNc1cc(-c2ccc(C)c(Cl)c2)nc(C)n1. The number of aryl methyl sites for hydroxylation is 2. The molecule has 0 saturated heterocycles. The molecule has 0 atom stereocenters. The normalized spacial score (nSPS) is 10.4. The van der Waals surface area contributed by atoms with Crippen molar-refractivity contribution in [3.05, 3.63) is 40.7 Å². The summed E-state index contributed by atoms with van der Waals surface area (Å²) in [6, 6.07) is 7.91. The summed E-state index contributed by atoms with van der Waals surface area (Å²) in [5, 5.41) is 3.96. The smallest absolute Gasteiger partial charge is 0.130 e. The Labute approximate surface area is 112 Å². The topological polar surface area (TPSA) is 37.8 Å². The number of benzene rings is 1. The molecule has 4 heteroatoms. The van der Waals surface area contributed by atoms with Gasteiger partial charge in [0.1, 0.15) is 11.6 Å². The minimum Gasteiger partial charge on any atom is -0.370 e. The fraction of sp³-hybridized carbons (Fsp3) is 0.286. The van der Waals surface area contributed by atoms with E-state index >= 15 is 0 Å². The maximum absolute atomic E-state index is 6.15. The molecule has 0 bridgehead atoms. The summed E-state index contributed by atoms with van der Waals surface area (Å²) in [6.45, 7) is 6.76. The van der Waals surface area contributed by atoms with Crippen LogP contribution in [-0.2, 0) is 0 Å². The van der Waals surface area contributed by atoms with Gasteiger partial charge in [0.25, 0.3) is 0 Å². The Hall–Kier alpha value is -1.61. The first-order valence-electron chi connectivity index (χ1n) is 5.96. The second-order valence-electron chi connectivity index (χ2n) is 4.18. The summed E-state index contributed by atoms with van der Waals surface area (Å²) in [4.78, 5) is 8.78. The number of aromatic nitrogens is 2. The van der Waals surface area contributed by atoms with E-state index in [-0.39, 0.29) is 0 Å². The van der Waals surface area contributed by atoms with Crippen LogP contribution in [0.25, 0.3) is 11.3 Å². The molecule has 0 saturated carbocycles. The average molecular weight is 262 g/mol. The van der Waals surface area contributed by atoms with Crippen molar-refractivity contribution in [2.45, 2.75) is 20.8 Å². The van der Waals surface area contributed by atoms with Gasteiger partial charge < -0.3 is 5.32 Å². The van der Waals surface area contributed by atoms with E-state index < -0.39 is 0 Å². The molecule has 0 aliphatic carbocycles. The van der Waals surface area contributed by atoms with E-state index in [0.717, 1.165) is 40.0 Å². The number of anilines is 1. The highest BCUT2D eigenvalue weighted by Crippen LogP contribution is 2.25. The molecule has 0 aliphatic heterocycles. The molecule has 1 aromatic heterocycles. The van der Waals surface area contributed by atoms with Crippen molar-refractivity contribution in [3.63, 3.8) is 0 Å². The zero-order chi connectivity index (χ0) is 13.1. The first-order chi connectivity index (χ1) is 8.60. The summed E-state index contributed by atoms with van der Waals surface area (Å²) >= 11 is 6.15. The molecule has 3 nitrogen and oxygen atoms in total. The fourth-order valence-corrected chi connectivity index (χ4v) is 1.92. The summed E-state index contributed by atoms with van der Waals surface area (Å²) in [5.41, 5.74) is 2.97. The fourth-order valence-electron chi connectivity index (χ4n) is 1.74. The third kappa shape index (κ3) is 2.79. The lowest BCUT2D eigenvalue weighted by Gasteiger charge is -2.08. The monoisotopic (exact) mass is 261 g/mol. The highest BCUT2D eigenvalue weighted by molar-refractivity contribution is 6.31. The lowest BCUT2D eigenvalue weighted by atomic mass is 10.1. The van der Waals surface area contributed by atoms with Crippen LogP contribution in [0.2, 0.25) is 5.02 Å². The Morgan fingerprint density at radius 1 is 1.17 bits per heavy atom. The molecule has 1 aromatic carbocycles. The lowest BCUT2D eigenvalue weighted by Crippen LogP contribution is -2.02. The van der Waals surface area contributed by atoms with E-state index in [1.54, 1.807) is 0 Å². The van der Waals surface area contributed by atoms with Gasteiger partial charge in [-0.1, -0.05) is 23.7 Å². The molecule has 94 valence electrons. The number of hydrogen-bond acceptors (Lipinski definition) is 3. The van der Waals surface area contributed by atoms with Crippen molar-refractivity contribution in [1.82, 2.24) is 9.97 Å². The Kier molecular flexibility index (Phi) is 3.82. The second kappa shape index (κ2) is 5.36. The molecule has 0 aliphatic rings. The van der Waals surface area contributed by atoms with E-state index in [0.29, 0.717) is 0 Å². The third-order valence-electron chi connectivity index (χ3n) is 2.66. The minimum absolute atomic E-state index is 0.750. The Morgan fingerprint density at radius 3 is 2.61 bits per heavy atom. The van der Waals surface area contributed by atoms with E-state index in [2.05, 4.69) is 15.3 Å². The van der Waals surface area contributed by atoms with E-state index in [9.17, 15) is 0 Å². The van der Waals surface area contributed by atoms with Crippen LogP contribution in [0.4, 0.5) is 5.82 Å². The number of hydrogen-bond donors (Lipinski definition) is 1. The van der Waals surface area contributed by atoms with Gasteiger partial charge in [0, 0.05) is 23.2 Å². The van der Waals surface area contributed by atoms with Gasteiger partial charge >= 0.3 is 0 Å². The minimum atomic E-state index is 0.750. The molecule has 0 unspecified atom stereocenters. The molecule has 0 fully saturated rings. The average Bonchev–Trinajstić information content (AvgIpc) is 2.32. The predicted molar refractivity (Wildman–Crippen MR) is 76.1 cm³/mol. The van der Waals surface area contributed by atoms with E-state index in [1.807, 2.05) is 45.0 Å². The zero-order valence-electron chi connectivity index (χ0n) is 10.8. The van der Waals surface area contributed by atoms with Crippen LogP contribution in [0.5, 0.6) is 0 Å². The highest BCUT2D eigenvalue weighted by atomic mass is 35.5. The molecular formula is C14H16ClN3. The summed E-state index contributed by atoms with van der Waals surface area (Å²) in [6.07, 6.45) is 0. The highest BCUT2D eigenvalue weighted by Gasteiger charge is 2.05. The van der Waals surface area contributed by atoms with Gasteiger partial charge in [0.2, 0.25) is 0 Å². The Morgan fingerprint density at radius 2 is 1.94 bits per heavy atom. The zero-order valence-corrected chi connectivity index (χ0v) is 11.5. The molecule has 2 rings (SSSR count). The van der Waals surface area contributed by atoms with E-state index in [4.69, 9.17) is 11.6 Å². The molecule has 18 heavy (non-hydrogen) atoms. The van der Waals surface area contributed by atoms with Crippen LogP contribution in [-0.4, -0.2) is 16.5 Å². The van der Waals surface area contributed by atoms with Gasteiger partial charge in [-0.3, -0.25) is 0 Å². The van der Waals surface area contributed by atoms with Crippen molar-refractivity contribution in [1.29, 1.82) is 0 Å². The molecule has 2 aromatic rings. The molecule has 0 spiro atoms. The van der Waals surface area contributed by atoms with Crippen molar-refractivity contribution in [2.75, 3.05) is 11.9 Å². The van der Waals surface area contributed by atoms with Crippen LogP contribution in [0.1, 0.15) is 18.3 Å². The summed E-state index contributed by atoms with van der Waals surface area (Å²) < 4.78 is 0. The van der Waals surface area contributed by atoms with E-state index in [1.165, 1.54) is 0 Å². The Bertz CT molecular complexity index is 567. The van der Waals surface area contributed by atoms with Crippen molar-refractivity contribution < 1.29 is 0 Å².